The molecule has 1 amide bonds. The standard InChI is InChI=1S/C9H13NO3/c1-2-13-9(12)7-5-6(7)3-4-8(10)11/h3-4,6-7H,2,5H2,1H3,(H2,10,11)/b4-3-/t6-,7+/m0/s1. The molecule has 1 fully saturated rings. The van der Waals surface area contributed by atoms with Gasteiger partial charge in [-0.2, -0.15) is 0 Å². The maximum absolute atomic E-state index is 11.1. The van der Waals surface area contributed by atoms with Crippen molar-refractivity contribution in [1.82, 2.24) is 0 Å². The minimum Gasteiger partial charge on any atom is -0.466 e. The number of esters is 1. The van der Waals surface area contributed by atoms with Gasteiger partial charge in [-0.1, -0.05) is 6.08 Å². The van der Waals surface area contributed by atoms with E-state index in [1.165, 1.54) is 6.08 Å². The normalized spacial score (nSPS) is 25.9. The second-order valence-corrected chi connectivity index (χ2v) is 3.02. The zero-order chi connectivity index (χ0) is 9.84. The molecule has 0 heterocycles. The number of amides is 1. The zero-order valence-electron chi connectivity index (χ0n) is 7.53. The second kappa shape index (κ2) is 4.07. The molecule has 4 nitrogen and oxygen atoms in total. The molecule has 1 aliphatic rings. The minimum atomic E-state index is -0.477. The van der Waals surface area contributed by atoms with Gasteiger partial charge in [0.1, 0.15) is 0 Å². The predicted molar refractivity (Wildman–Crippen MR) is 46.6 cm³/mol. The van der Waals surface area contributed by atoms with E-state index in [1.807, 2.05) is 0 Å². The number of carbonyl (C=O) groups is 2. The monoisotopic (exact) mass is 183 g/mol. The Balaban J connectivity index is 2.30. The fourth-order valence-corrected chi connectivity index (χ4v) is 1.17. The molecule has 0 bridgehead atoms. The Labute approximate surface area is 76.7 Å². The van der Waals surface area contributed by atoms with E-state index >= 15 is 0 Å². The van der Waals surface area contributed by atoms with E-state index < -0.39 is 5.91 Å². The van der Waals surface area contributed by atoms with Crippen molar-refractivity contribution in [2.75, 3.05) is 6.61 Å². The summed E-state index contributed by atoms with van der Waals surface area (Å²) in [5, 5.41) is 0. The van der Waals surface area contributed by atoms with Crippen LogP contribution in [0.3, 0.4) is 0 Å². The summed E-state index contributed by atoms with van der Waals surface area (Å²) < 4.78 is 4.81. The third-order valence-electron chi connectivity index (χ3n) is 1.94. The van der Waals surface area contributed by atoms with Crippen LogP contribution in [0.5, 0.6) is 0 Å². The lowest BCUT2D eigenvalue weighted by molar-refractivity contribution is -0.144. The molecular weight excluding hydrogens is 170 g/mol. The van der Waals surface area contributed by atoms with Gasteiger partial charge in [-0.05, 0) is 25.3 Å². The number of hydrogen-bond donors (Lipinski definition) is 1. The number of allylic oxidation sites excluding steroid dienone is 1. The maximum Gasteiger partial charge on any atom is 0.309 e. The van der Waals surface area contributed by atoms with Crippen LogP contribution in [0.1, 0.15) is 13.3 Å². The molecular formula is C9H13NO3. The van der Waals surface area contributed by atoms with Gasteiger partial charge >= 0.3 is 5.97 Å². The number of nitrogens with two attached hydrogens (primary N) is 1. The van der Waals surface area contributed by atoms with Gasteiger partial charge in [0.15, 0.2) is 0 Å². The lowest BCUT2D eigenvalue weighted by Crippen LogP contribution is -2.08. The van der Waals surface area contributed by atoms with E-state index in [0.29, 0.717) is 6.61 Å². The van der Waals surface area contributed by atoms with Crippen LogP contribution in [0.15, 0.2) is 12.2 Å². The summed E-state index contributed by atoms with van der Waals surface area (Å²) in [6.07, 6.45) is 3.73. The number of hydrogen-bond acceptors (Lipinski definition) is 3. The topological polar surface area (TPSA) is 69.4 Å². The van der Waals surface area contributed by atoms with Gasteiger partial charge in [-0.15, -0.1) is 0 Å². The highest BCUT2D eigenvalue weighted by Gasteiger charge is 2.42. The minimum absolute atomic E-state index is 0.0597. The first kappa shape index (κ1) is 9.77. The summed E-state index contributed by atoms with van der Waals surface area (Å²) in [6.45, 7) is 2.18. The largest absolute Gasteiger partial charge is 0.466 e. The van der Waals surface area contributed by atoms with Gasteiger partial charge in [0.25, 0.3) is 0 Å². The molecule has 0 unspecified atom stereocenters. The maximum atomic E-state index is 11.1. The summed E-state index contributed by atoms with van der Waals surface area (Å²) in [4.78, 5) is 21.4. The molecule has 1 saturated carbocycles. The van der Waals surface area contributed by atoms with Crippen molar-refractivity contribution in [1.29, 1.82) is 0 Å². The Kier molecular flexibility index (Phi) is 3.06. The molecule has 0 saturated heterocycles. The third-order valence-corrected chi connectivity index (χ3v) is 1.94. The van der Waals surface area contributed by atoms with Gasteiger partial charge < -0.3 is 10.5 Å². The molecule has 0 aromatic rings. The Morgan fingerprint density at radius 2 is 2.31 bits per heavy atom. The Morgan fingerprint density at radius 1 is 1.62 bits per heavy atom. The summed E-state index contributed by atoms with van der Waals surface area (Å²) in [6, 6.07) is 0. The number of primary amides is 1. The Morgan fingerprint density at radius 3 is 2.85 bits per heavy atom. The lowest BCUT2D eigenvalue weighted by atomic mass is 10.3. The van der Waals surface area contributed by atoms with Crippen molar-refractivity contribution in [3.63, 3.8) is 0 Å². The number of ether oxygens (including phenoxy) is 1. The van der Waals surface area contributed by atoms with Crippen molar-refractivity contribution < 1.29 is 14.3 Å². The van der Waals surface area contributed by atoms with E-state index in [2.05, 4.69) is 0 Å². The van der Waals surface area contributed by atoms with Crippen molar-refractivity contribution in [2.24, 2.45) is 17.6 Å². The zero-order valence-corrected chi connectivity index (χ0v) is 7.53. The van der Waals surface area contributed by atoms with Gasteiger partial charge in [0.05, 0.1) is 12.5 Å². The second-order valence-electron chi connectivity index (χ2n) is 3.02. The van der Waals surface area contributed by atoms with Crippen molar-refractivity contribution in [3.05, 3.63) is 12.2 Å². The molecule has 0 aromatic carbocycles. The lowest BCUT2D eigenvalue weighted by Gasteiger charge is -1.97. The van der Waals surface area contributed by atoms with Crippen LogP contribution >= 0.6 is 0 Å². The van der Waals surface area contributed by atoms with E-state index in [9.17, 15) is 9.59 Å². The Hall–Kier alpha value is -1.32. The first-order valence-corrected chi connectivity index (χ1v) is 4.29. The van der Waals surface area contributed by atoms with Crippen LogP contribution < -0.4 is 5.73 Å². The predicted octanol–water partition coefficient (Wildman–Crippen LogP) is 0.227. The van der Waals surface area contributed by atoms with Crippen molar-refractivity contribution in [2.45, 2.75) is 13.3 Å². The highest BCUT2D eigenvalue weighted by atomic mass is 16.5. The van der Waals surface area contributed by atoms with Gasteiger partial charge in [0.2, 0.25) is 5.91 Å². The average molecular weight is 183 g/mol. The molecule has 0 aromatic heterocycles. The van der Waals surface area contributed by atoms with E-state index in [4.69, 9.17) is 10.5 Å². The molecule has 1 rings (SSSR count). The summed E-state index contributed by atoms with van der Waals surface area (Å²) >= 11 is 0. The van der Waals surface area contributed by atoms with Crippen LogP contribution in [0.4, 0.5) is 0 Å². The van der Waals surface area contributed by atoms with Crippen LogP contribution in [-0.2, 0) is 14.3 Å². The first-order chi connectivity index (χ1) is 6.15. The van der Waals surface area contributed by atoms with E-state index in [0.717, 1.165) is 6.42 Å². The van der Waals surface area contributed by atoms with Crippen LogP contribution in [-0.4, -0.2) is 18.5 Å². The van der Waals surface area contributed by atoms with Gasteiger partial charge in [-0.25, -0.2) is 0 Å². The molecule has 13 heavy (non-hydrogen) atoms. The smallest absolute Gasteiger partial charge is 0.309 e. The van der Waals surface area contributed by atoms with Crippen LogP contribution in [0.25, 0.3) is 0 Å². The molecule has 72 valence electrons. The summed E-state index contributed by atoms with van der Waals surface area (Å²) in [5.41, 5.74) is 4.91. The number of rotatable bonds is 4. The summed E-state index contributed by atoms with van der Waals surface area (Å²) in [5.74, 6) is -0.571. The molecule has 2 atom stereocenters. The molecule has 1 aliphatic carbocycles. The SMILES string of the molecule is CCOC(=O)[C@@H]1C[C@@H]1/C=C\C(N)=O. The summed E-state index contributed by atoms with van der Waals surface area (Å²) in [7, 11) is 0. The van der Waals surface area contributed by atoms with E-state index in [1.54, 1.807) is 13.0 Å². The van der Waals surface area contributed by atoms with Gasteiger partial charge in [-0.3, -0.25) is 9.59 Å². The average Bonchev–Trinajstić information content (AvgIpc) is 2.80. The quantitative estimate of drug-likeness (QED) is 0.501. The highest BCUT2D eigenvalue weighted by molar-refractivity contribution is 5.86. The molecule has 4 heteroatoms. The Bertz CT molecular complexity index is 247. The molecule has 0 radical (unpaired) electrons. The van der Waals surface area contributed by atoms with Crippen LogP contribution in [0.2, 0.25) is 0 Å². The van der Waals surface area contributed by atoms with E-state index in [-0.39, 0.29) is 17.8 Å². The van der Waals surface area contributed by atoms with Crippen molar-refractivity contribution >= 4 is 11.9 Å². The number of carbonyl (C=O) groups excluding carboxylic acids is 2. The first-order valence-electron chi connectivity index (χ1n) is 4.29. The third kappa shape index (κ3) is 2.89. The molecule has 0 aliphatic heterocycles. The molecule has 0 spiro atoms. The van der Waals surface area contributed by atoms with Gasteiger partial charge in [0, 0.05) is 0 Å². The fraction of sp³-hybridized carbons (Fsp3) is 0.556. The molecule has 2 N–H and O–H groups in total. The van der Waals surface area contributed by atoms with Crippen molar-refractivity contribution in [3.8, 4) is 0 Å². The van der Waals surface area contributed by atoms with Crippen LogP contribution in [0, 0.1) is 11.8 Å². The highest BCUT2D eigenvalue weighted by Crippen LogP contribution is 2.40. The fourth-order valence-electron chi connectivity index (χ4n) is 1.17.